The quantitative estimate of drug-likeness (QED) is 0.441. The van der Waals surface area contributed by atoms with Crippen molar-refractivity contribution in [1.29, 1.82) is 0 Å². The zero-order chi connectivity index (χ0) is 23.8. The van der Waals surface area contributed by atoms with E-state index in [0.717, 1.165) is 6.42 Å². The second-order valence-corrected chi connectivity index (χ2v) is 15.6. The molecule has 2 aliphatic rings. The molecular formula is C31H40Cl2Zr. The van der Waals surface area contributed by atoms with Gasteiger partial charge in [0.05, 0.1) is 0 Å². The molecule has 2 aliphatic carbocycles. The van der Waals surface area contributed by atoms with Gasteiger partial charge >= 0.3 is 209 Å². The monoisotopic (exact) mass is 572 g/mol. The molecule has 0 radical (unpaired) electrons. The summed E-state index contributed by atoms with van der Waals surface area (Å²) in [5.41, 5.74) is 14.5. The van der Waals surface area contributed by atoms with Crippen molar-refractivity contribution in [2.75, 3.05) is 0 Å². The summed E-state index contributed by atoms with van der Waals surface area (Å²) in [4.78, 5) is 0. The van der Waals surface area contributed by atoms with Gasteiger partial charge in [0.2, 0.25) is 0 Å². The van der Waals surface area contributed by atoms with Crippen LogP contribution in [0.15, 0.2) is 50.3 Å². The maximum atomic E-state index is 2.49. The van der Waals surface area contributed by atoms with E-state index in [0.29, 0.717) is 0 Å². The summed E-state index contributed by atoms with van der Waals surface area (Å²) in [6, 6.07) is 12.1. The van der Waals surface area contributed by atoms with Gasteiger partial charge in [-0.25, -0.2) is 0 Å². The molecule has 3 heteroatoms. The van der Waals surface area contributed by atoms with Gasteiger partial charge in [-0.1, -0.05) is 0 Å². The molecule has 0 atom stereocenters. The second-order valence-electron chi connectivity index (χ2n) is 12.6. The Labute approximate surface area is 232 Å². The Balaban J connectivity index is 0.00000204. The average molecular weight is 575 g/mol. The molecule has 0 aromatic heterocycles. The molecular weight excluding hydrogens is 534 g/mol. The van der Waals surface area contributed by atoms with Gasteiger partial charge in [0.1, 0.15) is 0 Å². The predicted octanol–water partition coefficient (Wildman–Crippen LogP) is 2.22. The fourth-order valence-corrected chi connectivity index (χ4v) is 10.6. The minimum Gasteiger partial charge on any atom is -1.00 e. The minimum atomic E-state index is -0.965. The van der Waals surface area contributed by atoms with Gasteiger partial charge in [0, 0.05) is 0 Å². The van der Waals surface area contributed by atoms with Crippen molar-refractivity contribution >= 4 is 3.27 Å². The number of fused-ring (bicyclic) bond motifs is 3. The van der Waals surface area contributed by atoms with Crippen LogP contribution in [0.1, 0.15) is 98.4 Å². The molecule has 0 saturated carbocycles. The van der Waals surface area contributed by atoms with Crippen molar-refractivity contribution < 1.29 is 48.0 Å². The van der Waals surface area contributed by atoms with Crippen molar-refractivity contribution in [2.45, 2.75) is 93.4 Å². The predicted molar refractivity (Wildman–Crippen MR) is 137 cm³/mol. The van der Waals surface area contributed by atoms with E-state index < -0.39 is 23.2 Å². The van der Waals surface area contributed by atoms with Crippen LogP contribution in [0, 0.1) is 5.41 Å². The van der Waals surface area contributed by atoms with Crippen molar-refractivity contribution in [2.24, 2.45) is 5.41 Å². The average Bonchev–Trinajstić information content (AvgIpc) is 3.12. The summed E-state index contributed by atoms with van der Waals surface area (Å²) in [6.07, 6.45) is 1.10. The number of rotatable bonds is 2. The molecule has 182 valence electrons. The van der Waals surface area contributed by atoms with E-state index in [9.17, 15) is 0 Å². The van der Waals surface area contributed by atoms with Gasteiger partial charge in [0.15, 0.2) is 0 Å². The smallest absolute Gasteiger partial charge is 1.00 e. The number of hydrogen-bond donors (Lipinski definition) is 0. The molecule has 0 saturated heterocycles. The zero-order valence-electron chi connectivity index (χ0n) is 22.8. The molecule has 2 aromatic rings. The topological polar surface area (TPSA) is 0 Å². The minimum absolute atomic E-state index is 0. The van der Waals surface area contributed by atoms with Crippen LogP contribution in [0.3, 0.4) is 0 Å². The Morgan fingerprint density at radius 1 is 0.765 bits per heavy atom. The first-order valence-electron chi connectivity index (χ1n) is 12.1. The number of hydrogen-bond acceptors (Lipinski definition) is 0. The van der Waals surface area contributed by atoms with Gasteiger partial charge in [-0.15, -0.1) is 0 Å². The molecule has 0 spiro atoms. The van der Waals surface area contributed by atoms with E-state index in [1.807, 2.05) is 0 Å². The molecule has 2 aromatic carbocycles. The van der Waals surface area contributed by atoms with Gasteiger partial charge in [-0.2, -0.15) is 0 Å². The maximum absolute atomic E-state index is 2.49. The van der Waals surface area contributed by atoms with Crippen molar-refractivity contribution in [3.05, 3.63) is 72.6 Å². The third-order valence-corrected chi connectivity index (χ3v) is 13.2. The molecule has 0 fully saturated rings. The maximum Gasteiger partial charge on any atom is -1.00 e. The summed E-state index contributed by atoms with van der Waals surface area (Å²) >= 11 is -0.965. The molecule has 0 N–H and O–H groups in total. The fraction of sp³-hybridized carbons (Fsp3) is 0.484. The molecule has 0 nitrogen and oxygen atoms in total. The molecule has 4 rings (SSSR count). The SMILES string of the molecule is CC1=C(C)C(C)(C)[C]([Zr+2][c]2c(C(C)(C)C)ccc3c2Cc2cc(C(C)(C)C)ccc2-3)=C1C.[Cl-].[Cl-]. The van der Waals surface area contributed by atoms with Crippen molar-refractivity contribution in [1.82, 2.24) is 0 Å². The summed E-state index contributed by atoms with van der Waals surface area (Å²) in [6.45, 7) is 26.2. The van der Waals surface area contributed by atoms with E-state index in [1.54, 1.807) is 28.8 Å². The first-order chi connectivity index (χ1) is 14.6. The van der Waals surface area contributed by atoms with Crippen LogP contribution < -0.4 is 28.1 Å². The van der Waals surface area contributed by atoms with E-state index in [4.69, 9.17) is 0 Å². The molecule has 0 unspecified atom stereocenters. The Kier molecular flexibility index (Phi) is 8.44. The zero-order valence-corrected chi connectivity index (χ0v) is 26.8. The van der Waals surface area contributed by atoms with Crippen LogP contribution in [-0.4, -0.2) is 0 Å². The molecule has 0 bridgehead atoms. The van der Waals surface area contributed by atoms with E-state index in [2.05, 4.69) is 106 Å². The Bertz CT molecular complexity index is 1180. The van der Waals surface area contributed by atoms with Gasteiger partial charge in [0.25, 0.3) is 0 Å². The second kappa shape index (κ2) is 9.69. The summed E-state index contributed by atoms with van der Waals surface area (Å²) in [5.74, 6) is 0. The van der Waals surface area contributed by atoms with Gasteiger partial charge < -0.3 is 24.8 Å². The Hall–Kier alpha value is -0.617. The summed E-state index contributed by atoms with van der Waals surface area (Å²) in [5, 5.41) is 0. The number of allylic oxidation sites excluding steroid dienone is 4. The van der Waals surface area contributed by atoms with Crippen molar-refractivity contribution in [3.8, 4) is 11.1 Å². The van der Waals surface area contributed by atoms with Crippen LogP contribution in [-0.2, 0) is 40.5 Å². The Morgan fingerprint density at radius 3 is 1.85 bits per heavy atom. The third-order valence-electron chi connectivity index (χ3n) is 8.06. The van der Waals surface area contributed by atoms with Gasteiger partial charge in [-0.05, 0) is 0 Å². The summed E-state index contributed by atoms with van der Waals surface area (Å²) < 4.78 is 3.53. The largest absolute Gasteiger partial charge is 1.00 e. The van der Waals surface area contributed by atoms with Gasteiger partial charge in [-0.3, -0.25) is 0 Å². The van der Waals surface area contributed by atoms with E-state index in [-0.39, 0.29) is 41.1 Å². The Morgan fingerprint density at radius 2 is 1.35 bits per heavy atom. The fourth-order valence-electron chi connectivity index (χ4n) is 5.48. The third kappa shape index (κ3) is 4.84. The van der Waals surface area contributed by atoms with E-state index >= 15 is 0 Å². The molecule has 0 aliphatic heterocycles. The first-order valence-corrected chi connectivity index (χ1v) is 14.6. The molecule has 0 amide bonds. The first kappa shape index (κ1) is 29.6. The number of halogens is 2. The molecule has 0 heterocycles. The molecule has 34 heavy (non-hydrogen) atoms. The van der Waals surface area contributed by atoms with Crippen LogP contribution in [0.4, 0.5) is 0 Å². The normalized spacial score (nSPS) is 16.6. The van der Waals surface area contributed by atoms with Crippen LogP contribution in [0.5, 0.6) is 0 Å². The van der Waals surface area contributed by atoms with Crippen molar-refractivity contribution in [3.63, 3.8) is 0 Å². The van der Waals surface area contributed by atoms with Crippen LogP contribution >= 0.6 is 0 Å². The van der Waals surface area contributed by atoms with Crippen LogP contribution in [0.2, 0.25) is 0 Å². The standard InChI is InChI=1S/C21H25.C10H15.2ClH.Zr/c1-20(2,3)16-7-9-18-14(12-16)11-15-13-17(21(4,5)6)8-10-19(15)18;1-7-6-10(4,5)9(3)8(7)2;;;/h7-10,12H,11H2,1-6H3;1-5H3;2*1H;/q;;;;+2/p-2. The summed E-state index contributed by atoms with van der Waals surface area (Å²) in [7, 11) is 0. The van der Waals surface area contributed by atoms with E-state index in [1.165, 1.54) is 27.8 Å². The number of benzene rings is 2. The van der Waals surface area contributed by atoms with Crippen LogP contribution in [0.25, 0.3) is 11.1 Å².